The first kappa shape index (κ1) is 17.4. The lowest BCUT2D eigenvalue weighted by Crippen LogP contribution is -2.00. The summed E-state index contributed by atoms with van der Waals surface area (Å²) in [5, 5.41) is 9.49. The minimum absolute atomic E-state index is 0.0882. The maximum atomic E-state index is 13.1. The van der Waals surface area contributed by atoms with Crippen LogP contribution in [-0.4, -0.2) is 11.1 Å². The van der Waals surface area contributed by atoms with Crippen molar-refractivity contribution in [3.8, 4) is 5.75 Å². The lowest BCUT2D eigenvalue weighted by molar-refractivity contribution is -0.130. The number of rotatable bonds is 6. The highest BCUT2D eigenvalue weighted by Gasteiger charge is 2.11. The predicted octanol–water partition coefficient (Wildman–Crippen LogP) is 5.03. The van der Waals surface area contributed by atoms with Gasteiger partial charge in [-0.25, -0.2) is 9.18 Å². The smallest absolute Gasteiger partial charge is 0.336 e. The van der Waals surface area contributed by atoms with Gasteiger partial charge in [0, 0.05) is 0 Å². The van der Waals surface area contributed by atoms with E-state index < -0.39 is 11.8 Å². The topological polar surface area (TPSA) is 46.5 Å². The fraction of sp³-hybridized carbons (Fsp3) is 0.0455. The molecule has 130 valence electrons. The fourth-order valence-corrected chi connectivity index (χ4v) is 2.50. The minimum atomic E-state index is -1.08. The van der Waals surface area contributed by atoms with Crippen molar-refractivity contribution in [2.24, 2.45) is 0 Å². The number of carbonyl (C=O) groups is 1. The minimum Gasteiger partial charge on any atom is -0.489 e. The third kappa shape index (κ3) is 4.57. The number of ether oxygens (including phenoxy) is 1. The molecule has 0 aromatic heterocycles. The molecule has 3 aromatic rings. The molecule has 1 N–H and O–H groups in total. The van der Waals surface area contributed by atoms with E-state index in [2.05, 4.69) is 0 Å². The standard InChI is InChI=1S/C22H17FO3/c23-19-11-9-18(10-12-19)21(22(24)25)14-17-7-4-8-20(13-17)26-15-16-5-2-1-3-6-16/h1-14H,15H2,(H,24,25)/b21-14-. The Hall–Kier alpha value is -3.40. The molecule has 3 nitrogen and oxygen atoms in total. The summed E-state index contributed by atoms with van der Waals surface area (Å²) >= 11 is 0. The van der Waals surface area contributed by atoms with Crippen LogP contribution in [0.5, 0.6) is 5.75 Å². The molecule has 3 rings (SSSR count). The summed E-state index contributed by atoms with van der Waals surface area (Å²) in [4.78, 5) is 11.6. The summed E-state index contributed by atoms with van der Waals surface area (Å²) in [7, 11) is 0. The van der Waals surface area contributed by atoms with Gasteiger partial charge in [-0.3, -0.25) is 0 Å². The van der Waals surface area contributed by atoms with Gasteiger partial charge < -0.3 is 9.84 Å². The summed E-state index contributed by atoms with van der Waals surface area (Å²) in [6.45, 7) is 0.428. The average Bonchev–Trinajstić information content (AvgIpc) is 2.66. The zero-order valence-electron chi connectivity index (χ0n) is 13.9. The van der Waals surface area contributed by atoms with Gasteiger partial charge in [-0.2, -0.15) is 0 Å². The Labute approximate surface area is 151 Å². The van der Waals surface area contributed by atoms with Crippen molar-refractivity contribution in [2.75, 3.05) is 0 Å². The molecular formula is C22H17FO3. The second kappa shape index (κ2) is 8.12. The zero-order valence-corrected chi connectivity index (χ0v) is 13.9. The van der Waals surface area contributed by atoms with Crippen LogP contribution in [0.2, 0.25) is 0 Å². The van der Waals surface area contributed by atoms with Gasteiger partial charge in [0.2, 0.25) is 0 Å². The maximum Gasteiger partial charge on any atom is 0.336 e. The molecule has 0 spiro atoms. The number of aliphatic carboxylic acids is 1. The van der Waals surface area contributed by atoms with Crippen LogP contribution in [0.4, 0.5) is 4.39 Å². The van der Waals surface area contributed by atoms with Gasteiger partial charge in [0.15, 0.2) is 0 Å². The fourth-order valence-electron chi connectivity index (χ4n) is 2.50. The monoisotopic (exact) mass is 348 g/mol. The van der Waals surface area contributed by atoms with Gasteiger partial charge in [0.05, 0.1) is 5.57 Å². The molecule has 0 atom stereocenters. The molecule has 0 bridgehead atoms. The van der Waals surface area contributed by atoms with Crippen LogP contribution in [0.3, 0.4) is 0 Å². The number of carboxylic acid groups (broad SMARTS) is 1. The molecule has 0 heterocycles. The van der Waals surface area contributed by atoms with E-state index in [-0.39, 0.29) is 5.57 Å². The Balaban J connectivity index is 1.82. The highest BCUT2D eigenvalue weighted by Crippen LogP contribution is 2.22. The van der Waals surface area contributed by atoms with Gasteiger partial charge in [-0.05, 0) is 47.0 Å². The summed E-state index contributed by atoms with van der Waals surface area (Å²) < 4.78 is 18.8. The van der Waals surface area contributed by atoms with Crippen LogP contribution < -0.4 is 4.74 Å². The van der Waals surface area contributed by atoms with E-state index in [4.69, 9.17) is 4.74 Å². The Bertz CT molecular complexity index is 916. The molecule has 0 aliphatic heterocycles. The van der Waals surface area contributed by atoms with Crippen LogP contribution in [0.1, 0.15) is 16.7 Å². The third-order valence-corrected chi connectivity index (χ3v) is 3.80. The van der Waals surface area contributed by atoms with E-state index in [1.54, 1.807) is 24.3 Å². The van der Waals surface area contributed by atoms with Crippen molar-refractivity contribution < 1.29 is 19.0 Å². The van der Waals surface area contributed by atoms with Crippen LogP contribution in [0.25, 0.3) is 11.6 Å². The van der Waals surface area contributed by atoms with Gasteiger partial charge in [-0.15, -0.1) is 0 Å². The van der Waals surface area contributed by atoms with Gasteiger partial charge in [0.25, 0.3) is 0 Å². The Morgan fingerprint density at radius 2 is 1.69 bits per heavy atom. The third-order valence-electron chi connectivity index (χ3n) is 3.80. The zero-order chi connectivity index (χ0) is 18.4. The first-order valence-corrected chi connectivity index (χ1v) is 8.09. The summed E-state index contributed by atoms with van der Waals surface area (Å²) in [5.74, 6) is -0.839. The molecule has 0 saturated heterocycles. The lowest BCUT2D eigenvalue weighted by Gasteiger charge is -2.08. The van der Waals surface area contributed by atoms with Gasteiger partial charge >= 0.3 is 5.97 Å². The van der Waals surface area contributed by atoms with Gasteiger partial charge in [0.1, 0.15) is 18.2 Å². The second-order valence-corrected chi connectivity index (χ2v) is 5.72. The van der Waals surface area contributed by atoms with Crippen molar-refractivity contribution >= 4 is 17.6 Å². The number of halogens is 1. The molecule has 26 heavy (non-hydrogen) atoms. The van der Waals surface area contributed by atoms with E-state index in [9.17, 15) is 14.3 Å². The molecule has 0 amide bonds. The SMILES string of the molecule is O=C(O)/C(=C\c1cccc(OCc2ccccc2)c1)c1ccc(F)cc1. The van der Waals surface area contributed by atoms with Crippen molar-refractivity contribution in [2.45, 2.75) is 6.61 Å². The molecule has 0 unspecified atom stereocenters. The quantitative estimate of drug-likeness (QED) is 0.502. The molecule has 0 aliphatic carbocycles. The summed E-state index contributed by atoms with van der Waals surface area (Å²) in [6, 6.07) is 22.3. The second-order valence-electron chi connectivity index (χ2n) is 5.72. The highest BCUT2D eigenvalue weighted by molar-refractivity contribution is 6.20. The molecule has 0 radical (unpaired) electrons. The van der Waals surface area contributed by atoms with Crippen LogP contribution in [-0.2, 0) is 11.4 Å². The summed E-state index contributed by atoms with van der Waals surface area (Å²) in [5.41, 5.74) is 2.27. The summed E-state index contributed by atoms with van der Waals surface area (Å²) in [6.07, 6.45) is 1.55. The highest BCUT2D eigenvalue weighted by atomic mass is 19.1. The van der Waals surface area contributed by atoms with Crippen LogP contribution >= 0.6 is 0 Å². The number of carboxylic acids is 1. The van der Waals surface area contributed by atoms with E-state index in [0.717, 1.165) is 5.56 Å². The number of benzene rings is 3. The molecular weight excluding hydrogens is 331 g/mol. The molecule has 0 fully saturated rings. The molecule has 0 aliphatic rings. The van der Waals surface area contributed by atoms with Crippen molar-refractivity contribution in [1.82, 2.24) is 0 Å². The number of hydrogen-bond donors (Lipinski definition) is 1. The lowest BCUT2D eigenvalue weighted by atomic mass is 10.0. The normalized spacial score (nSPS) is 11.2. The predicted molar refractivity (Wildman–Crippen MR) is 99.1 cm³/mol. The van der Waals surface area contributed by atoms with Crippen molar-refractivity contribution in [3.63, 3.8) is 0 Å². The first-order valence-electron chi connectivity index (χ1n) is 8.09. The average molecular weight is 348 g/mol. The molecule has 3 aromatic carbocycles. The van der Waals surface area contributed by atoms with E-state index >= 15 is 0 Å². The van der Waals surface area contributed by atoms with Crippen LogP contribution in [0, 0.1) is 5.82 Å². The van der Waals surface area contributed by atoms with Crippen molar-refractivity contribution in [3.05, 3.63) is 101 Å². The molecule has 4 heteroatoms. The van der Waals surface area contributed by atoms with E-state index in [0.29, 0.717) is 23.5 Å². The largest absolute Gasteiger partial charge is 0.489 e. The van der Waals surface area contributed by atoms with Crippen molar-refractivity contribution in [1.29, 1.82) is 0 Å². The van der Waals surface area contributed by atoms with E-state index in [1.165, 1.54) is 24.3 Å². The first-order chi connectivity index (χ1) is 12.6. The molecule has 0 saturated carbocycles. The van der Waals surface area contributed by atoms with E-state index in [1.807, 2.05) is 36.4 Å². The Kier molecular flexibility index (Phi) is 5.44. The number of hydrogen-bond acceptors (Lipinski definition) is 2. The Morgan fingerprint density at radius 1 is 0.962 bits per heavy atom. The van der Waals surface area contributed by atoms with Gasteiger partial charge in [-0.1, -0.05) is 54.6 Å². The maximum absolute atomic E-state index is 13.1. The van der Waals surface area contributed by atoms with Crippen LogP contribution in [0.15, 0.2) is 78.9 Å². The Morgan fingerprint density at radius 3 is 2.38 bits per heavy atom.